The molecule has 226 valence electrons. The molecule has 2 aliphatic rings. The number of phenols is 1. The summed E-state index contributed by atoms with van der Waals surface area (Å²) < 4.78 is 6.55. The van der Waals surface area contributed by atoms with Crippen molar-refractivity contribution in [3.8, 4) is 28.2 Å². The molecule has 0 aromatic heterocycles. The Bertz CT molecular complexity index is 1660. The van der Waals surface area contributed by atoms with Crippen LogP contribution in [0.4, 0.5) is 5.69 Å². The Balaban J connectivity index is 1.41. The normalized spacial score (nSPS) is 11.8. The molecule has 4 N–H and O–H groups in total. The fourth-order valence-corrected chi connectivity index (χ4v) is 5.00. The third-order valence-corrected chi connectivity index (χ3v) is 7.42. The number of carboxylic acids is 1. The number of hydrogen-bond acceptors (Lipinski definition) is 8. The van der Waals surface area contributed by atoms with Gasteiger partial charge in [-0.15, -0.1) is 0 Å². The fraction of sp³-hybridized carbons (Fsp3) is 0.312. The smallest absolute Gasteiger partial charge is 0.336 e. The maximum Gasteiger partial charge on any atom is 0.336 e. The van der Waals surface area contributed by atoms with E-state index >= 15 is 0 Å². The highest BCUT2D eigenvalue weighted by Gasteiger charge is 2.22. The number of carboxylic acid groups (broad SMARTS) is 1. The zero-order valence-corrected chi connectivity index (χ0v) is 25.0. The van der Waals surface area contributed by atoms with Gasteiger partial charge >= 0.3 is 5.97 Å². The summed E-state index contributed by atoms with van der Waals surface area (Å²) in [5, 5.41) is 37.0. The Labute approximate surface area is 254 Å². The number of aromatic carboxylic acids is 1. The van der Waals surface area contributed by atoms with Gasteiger partial charge in [0.05, 0.1) is 31.3 Å². The number of unbranched alkanes of at least 4 members (excludes halogenated alkanes) is 2. The molecular weight excluding hydrogens is 570 g/mol. The summed E-state index contributed by atoms with van der Waals surface area (Å²) in [6.07, 6.45) is 4.79. The number of quaternary nitrogens is 1. The molecule has 2 aromatic rings. The number of nitrogens with one attached hydrogen (secondary N) is 1. The molecule has 2 aromatic carbocycles. The number of aromatic hydroxyl groups is 1. The number of hydrogen-bond donors (Lipinski definition) is 4. The fourth-order valence-electron chi connectivity index (χ4n) is 4.74. The van der Waals surface area contributed by atoms with E-state index < -0.39 is 5.97 Å². The van der Waals surface area contributed by atoms with Crippen LogP contribution in [0.3, 0.4) is 0 Å². The second-order valence-electron chi connectivity index (χ2n) is 10.9. The van der Waals surface area contributed by atoms with Gasteiger partial charge in [0.1, 0.15) is 30.2 Å². The van der Waals surface area contributed by atoms with Crippen molar-refractivity contribution in [3.63, 3.8) is 0 Å². The van der Waals surface area contributed by atoms with Crippen molar-refractivity contribution in [3.05, 3.63) is 70.4 Å². The monoisotopic (exact) mass is 606 g/mol. The van der Waals surface area contributed by atoms with E-state index in [2.05, 4.69) is 10.5 Å². The van der Waals surface area contributed by atoms with Gasteiger partial charge < -0.3 is 34.4 Å². The largest absolute Gasteiger partial charge is 0.508 e. The second kappa shape index (κ2) is 14.2. The number of nitrogens with zero attached hydrogens (tertiary/aromatic N) is 2. The highest BCUT2D eigenvalue weighted by Crippen LogP contribution is 2.42. The van der Waals surface area contributed by atoms with Gasteiger partial charge in [0.25, 0.3) is 0 Å². The van der Waals surface area contributed by atoms with Crippen molar-refractivity contribution in [1.29, 1.82) is 0 Å². The molecule has 0 atom stereocenters. The molecule has 0 bridgehead atoms. The SMILES string of the molecule is C[N+](C)(CCO)CCO/N=C/CCCCC(=S)Nc1ccc(-c2c3ccc(=O)cc-3oc3cc(O)ccc23)c(C(=O)O)c1. The molecule has 11 heteroatoms. The summed E-state index contributed by atoms with van der Waals surface area (Å²) in [5.74, 6) is -0.845. The summed E-state index contributed by atoms with van der Waals surface area (Å²) in [6, 6.07) is 14.0. The first kappa shape index (κ1) is 31.6. The number of thiocarbonyl (C=S) groups is 1. The van der Waals surface area contributed by atoms with Gasteiger partial charge in [-0.3, -0.25) is 4.79 Å². The molecule has 4 rings (SSSR count). The minimum atomic E-state index is -1.12. The van der Waals surface area contributed by atoms with Gasteiger partial charge in [0.15, 0.2) is 12.0 Å². The number of aliphatic hydroxyl groups excluding tert-OH is 1. The lowest BCUT2D eigenvalue weighted by Crippen LogP contribution is -2.44. The molecule has 0 saturated carbocycles. The number of oxime groups is 1. The summed E-state index contributed by atoms with van der Waals surface area (Å²) in [6.45, 7) is 2.03. The maximum atomic E-state index is 12.4. The maximum absolute atomic E-state index is 12.4. The van der Waals surface area contributed by atoms with Gasteiger partial charge in [0, 0.05) is 40.5 Å². The number of carbonyl (C=O) groups is 1. The summed E-state index contributed by atoms with van der Waals surface area (Å²) >= 11 is 5.51. The summed E-state index contributed by atoms with van der Waals surface area (Å²) in [4.78, 5) is 30.3. The van der Waals surface area contributed by atoms with Gasteiger partial charge in [-0.2, -0.15) is 0 Å². The van der Waals surface area contributed by atoms with Crippen molar-refractivity contribution in [1.82, 2.24) is 0 Å². The number of rotatable bonds is 14. The Morgan fingerprint density at radius 2 is 1.86 bits per heavy atom. The number of likely N-dealkylation sites (N-methyl/N-ethyl adjacent to an activating group) is 1. The number of phenolic OH excluding ortho intramolecular Hbond substituents is 1. The molecule has 0 saturated heterocycles. The first-order valence-corrected chi connectivity index (χ1v) is 14.4. The van der Waals surface area contributed by atoms with Crippen LogP contribution >= 0.6 is 12.2 Å². The van der Waals surface area contributed by atoms with Crippen LogP contribution in [0, 0.1) is 0 Å². The standard InChI is InChI=1S/C32H35N3O7S/c1-35(2,14-16-36)15-17-41-33-13-5-3-4-6-30(43)34-21-7-10-24(27(18-21)32(39)40)31-25-11-8-22(37)19-28(25)42-29-20-23(38)9-12-26(29)31/h7-13,18-20,36H,3-6,14-17H2,1-2H3,(H2-,34,37,38,39,40,43)/p+1/b33-13+. The average molecular weight is 607 g/mol. The van der Waals surface area contributed by atoms with E-state index in [1.807, 2.05) is 14.1 Å². The van der Waals surface area contributed by atoms with Gasteiger partial charge in [0.2, 0.25) is 0 Å². The highest BCUT2D eigenvalue weighted by atomic mass is 32.1. The number of anilines is 1. The Hall–Kier alpha value is -4.32. The van der Waals surface area contributed by atoms with Crippen LogP contribution in [0.15, 0.2) is 69.0 Å². The minimum Gasteiger partial charge on any atom is -0.508 e. The van der Waals surface area contributed by atoms with E-state index in [4.69, 9.17) is 26.6 Å². The first-order valence-electron chi connectivity index (χ1n) is 14.0. The lowest BCUT2D eigenvalue weighted by Gasteiger charge is -2.27. The van der Waals surface area contributed by atoms with Crippen molar-refractivity contribution in [2.45, 2.75) is 25.7 Å². The average Bonchev–Trinajstić information content (AvgIpc) is 2.95. The molecule has 0 unspecified atom stereocenters. The molecule has 1 aliphatic carbocycles. The number of aliphatic hydroxyl groups is 1. The van der Waals surface area contributed by atoms with Crippen molar-refractivity contribution < 1.29 is 33.9 Å². The topological polar surface area (TPSA) is 142 Å². The van der Waals surface area contributed by atoms with E-state index in [9.17, 15) is 19.8 Å². The van der Waals surface area contributed by atoms with E-state index in [1.54, 1.807) is 36.5 Å². The second-order valence-corrected chi connectivity index (χ2v) is 11.4. The predicted octanol–water partition coefficient (Wildman–Crippen LogP) is 5.34. The molecule has 0 spiro atoms. The van der Waals surface area contributed by atoms with Crippen molar-refractivity contribution in [2.24, 2.45) is 5.16 Å². The molecule has 1 aliphatic heterocycles. The summed E-state index contributed by atoms with van der Waals surface area (Å²) in [7, 11) is 4.05. The van der Waals surface area contributed by atoms with Crippen molar-refractivity contribution in [2.75, 3.05) is 45.7 Å². The summed E-state index contributed by atoms with van der Waals surface area (Å²) in [5.41, 5.74) is 2.29. The minimum absolute atomic E-state index is 0.0132. The van der Waals surface area contributed by atoms with Gasteiger partial charge in [-0.05, 0) is 67.6 Å². The molecule has 0 fully saturated rings. The molecule has 43 heavy (non-hydrogen) atoms. The third kappa shape index (κ3) is 8.38. The van der Waals surface area contributed by atoms with Crippen LogP contribution in [0.5, 0.6) is 5.75 Å². The van der Waals surface area contributed by atoms with E-state index in [0.29, 0.717) is 62.4 Å². The number of benzene rings is 3. The van der Waals surface area contributed by atoms with E-state index in [0.717, 1.165) is 25.8 Å². The third-order valence-electron chi connectivity index (χ3n) is 7.11. The van der Waals surface area contributed by atoms with E-state index in [-0.39, 0.29) is 29.1 Å². The first-order chi connectivity index (χ1) is 20.6. The highest BCUT2D eigenvalue weighted by molar-refractivity contribution is 7.80. The molecule has 0 amide bonds. The predicted molar refractivity (Wildman–Crippen MR) is 171 cm³/mol. The quantitative estimate of drug-likeness (QED) is 0.0374. The van der Waals surface area contributed by atoms with Crippen LogP contribution in [-0.2, 0) is 4.84 Å². The Kier molecular flexibility index (Phi) is 10.5. The number of fused-ring (bicyclic) bond motifs is 2. The lowest BCUT2D eigenvalue weighted by molar-refractivity contribution is -0.891. The molecular formula is C32H36N3O7S+. The van der Waals surface area contributed by atoms with Gasteiger partial charge in [-0.1, -0.05) is 23.4 Å². The lowest BCUT2D eigenvalue weighted by atomic mass is 9.90. The Morgan fingerprint density at radius 1 is 1.07 bits per heavy atom. The molecule has 0 radical (unpaired) electrons. The van der Waals surface area contributed by atoms with Crippen LogP contribution in [0.2, 0.25) is 0 Å². The molecule has 1 heterocycles. The van der Waals surface area contributed by atoms with Crippen LogP contribution in [-0.4, -0.2) is 77.4 Å². The zero-order chi connectivity index (χ0) is 31.0. The Morgan fingerprint density at radius 3 is 2.63 bits per heavy atom. The zero-order valence-electron chi connectivity index (χ0n) is 24.2. The van der Waals surface area contributed by atoms with Crippen LogP contribution in [0.1, 0.15) is 36.0 Å². The van der Waals surface area contributed by atoms with Crippen LogP contribution in [0.25, 0.3) is 33.4 Å². The van der Waals surface area contributed by atoms with Crippen LogP contribution < -0.4 is 10.7 Å². The van der Waals surface area contributed by atoms with Gasteiger partial charge in [-0.25, -0.2) is 4.79 Å². The molecule has 10 nitrogen and oxygen atoms in total. The van der Waals surface area contributed by atoms with Crippen molar-refractivity contribution >= 4 is 46.0 Å². The van der Waals surface area contributed by atoms with E-state index in [1.165, 1.54) is 24.3 Å².